The Labute approximate surface area is 137 Å². The Morgan fingerprint density at radius 2 is 2.22 bits per heavy atom. The lowest BCUT2D eigenvalue weighted by Crippen LogP contribution is -2.41. The van der Waals surface area contributed by atoms with Crippen LogP contribution in [0.1, 0.15) is 48.1 Å². The van der Waals surface area contributed by atoms with Gasteiger partial charge in [-0.2, -0.15) is 5.10 Å². The number of carbonyl (C=O) groups is 1. The van der Waals surface area contributed by atoms with Gasteiger partial charge in [0.1, 0.15) is 0 Å². The predicted octanol–water partition coefficient (Wildman–Crippen LogP) is 2.52. The highest BCUT2D eigenvalue weighted by atomic mass is 16.1. The lowest BCUT2D eigenvalue weighted by atomic mass is 9.87. The first-order chi connectivity index (χ1) is 11.3. The van der Waals surface area contributed by atoms with Crippen LogP contribution in [-0.4, -0.2) is 28.3 Å². The van der Waals surface area contributed by atoms with Gasteiger partial charge in [-0.1, -0.05) is 19.1 Å². The number of rotatable bonds is 7. The zero-order valence-corrected chi connectivity index (χ0v) is 13.5. The normalized spacial score (nSPS) is 20.0. The van der Waals surface area contributed by atoms with Crippen molar-refractivity contribution in [2.24, 2.45) is 0 Å². The summed E-state index contributed by atoms with van der Waals surface area (Å²) in [6.45, 7) is 3.57. The molecule has 1 aliphatic carbocycles. The third-order valence-electron chi connectivity index (χ3n) is 4.33. The van der Waals surface area contributed by atoms with Crippen LogP contribution in [0.5, 0.6) is 0 Å². The minimum absolute atomic E-state index is 0.0103. The van der Waals surface area contributed by atoms with Crippen LogP contribution >= 0.6 is 0 Å². The zero-order chi connectivity index (χ0) is 16.1. The van der Waals surface area contributed by atoms with Gasteiger partial charge in [-0.25, -0.2) is 0 Å². The maximum absolute atomic E-state index is 12.0. The molecular formula is C18H24N4O. The molecule has 5 nitrogen and oxygen atoms in total. The fourth-order valence-electron chi connectivity index (χ4n) is 2.89. The number of nitrogens with one attached hydrogen (secondary N) is 2. The van der Waals surface area contributed by atoms with Crippen LogP contribution in [0.25, 0.3) is 0 Å². The predicted molar refractivity (Wildman–Crippen MR) is 90.2 cm³/mol. The van der Waals surface area contributed by atoms with Crippen molar-refractivity contribution in [2.45, 2.75) is 44.8 Å². The van der Waals surface area contributed by atoms with E-state index in [4.69, 9.17) is 0 Å². The van der Waals surface area contributed by atoms with E-state index in [2.05, 4.69) is 28.7 Å². The van der Waals surface area contributed by atoms with Gasteiger partial charge >= 0.3 is 0 Å². The van der Waals surface area contributed by atoms with Crippen LogP contribution < -0.4 is 10.6 Å². The first-order valence-corrected chi connectivity index (χ1v) is 8.36. The summed E-state index contributed by atoms with van der Waals surface area (Å²) in [7, 11) is 0. The van der Waals surface area contributed by atoms with E-state index in [-0.39, 0.29) is 5.91 Å². The Bertz CT molecular complexity index is 632. The molecule has 1 amide bonds. The molecular weight excluding hydrogens is 288 g/mol. The van der Waals surface area contributed by atoms with Gasteiger partial charge in [-0.15, -0.1) is 0 Å². The van der Waals surface area contributed by atoms with Crippen molar-refractivity contribution in [1.29, 1.82) is 0 Å². The van der Waals surface area contributed by atoms with Crippen molar-refractivity contribution >= 4 is 5.91 Å². The minimum Gasteiger partial charge on any atom is -0.352 e. The summed E-state index contributed by atoms with van der Waals surface area (Å²) in [6, 6.07) is 10.9. The van der Waals surface area contributed by atoms with Crippen LogP contribution in [0.4, 0.5) is 0 Å². The molecule has 122 valence electrons. The average Bonchev–Trinajstić information content (AvgIpc) is 3.05. The van der Waals surface area contributed by atoms with Crippen LogP contribution in [-0.2, 0) is 6.54 Å². The number of amides is 1. The molecule has 2 aromatic rings. The van der Waals surface area contributed by atoms with E-state index in [1.807, 2.05) is 41.3 Å². The summed E-state index contributed by atoms with van der Waals surface area (Å²) in [4.78, 5) is 12.0. The van der Waals surface area contributed by atoms with Gasteiger partial charge in [-0.3, -0.25) is 9.48 Å². The SMILES string of the molecule is CCCNC(=O)c1cccc(CNC2CC(n3cccn3)C2)c1. The molecule has 0 bridgehead atoms. The van der Waals surface area contributed by atoms with E-state index in [1.54, 1.807) is 0 Å². The monoisotopic (exact) mass is 312 g/mol. The average molecular weight is 312 g/mol. The summed E-state index contributed by atoms with van der Waals surface area (Å²) >= 11 is 0. The molecule has 3 rings (SSSR count). The highest BCUT2D eigenvalue weighted by Gasteiger charge is 2.30. The topological polar surface area (TPSA) is 59.0 Å². The second-order valence-electron chi connectivity index (χ2n) is 6.15. The van der Waals surface area contributed by atoms with Crippen molar-refractivity contribution < 1.29 is 4.79 Å². The van der Waals surface area contributed by atoms with Gasteiger partial charge in [0, 0.05) is 37.1 Å². The summed E-state index contributed by atoms with van der Waals surface area (Å²) in [6.07, 6.45) is 7.03. The number of benzene rings is 1. The van der Waals surface area contributed by atoms with Crippen molar-refractivity contribution in [2.75, 3.05) is 6.54 Å². The van der Waals surface area contributed by atoms with E-state index >= 15 is 0 Å². The molecule has 1 heterocycles. The zero-order valence-electron chi connectivity index (χ0n) is 13.5. The number of carbonyl (C=O) groups excluding carboxylic acids is 1. The fourth-order valence-corrected chi connectivity index (χ4v) is 2.89. The standard InChI is InChI=1S/C18H24N4O/c1-2-7-19-18(23)15-6-3-5-14(10-15)13-20-16-11-17(12-16)22-9-4-8-21-22/h3-6,8-10,16-17,20H,2,7,11-13H2,1H3,(H,19,23). The lowest BCUT2D eigenvalue weighted by Gasteiger charge is -2.36. The quantitative estimate of drug-likeness (QED) is 0.826. The largest absolute Gasteiger partial charge is 0.352 e. The molecule has 1 aromatic heterocycles. The molecule has 1 saturated carbocycles. The smallest absolute Gasteiger partial charge is 0.251 e. The first-order valence-electron chi connectivity index (χ1n) is 8.36. The summed E-state index contributed by atoms with van der Waals surface area (Å²) < 4.78 is 2.04. The maximum Gasteiger partial charge on any atom is 0.251 e. The molecule has 1 aromatic carbocycles. The molecule has 1 aliphatic rings. The fraction of sp³-hybridized carbons (Fsp3) is 0.444. The maximum atomic E-state index is 12.0. The molecule has 5 heteroatoms. The Morgan fingerprint density at radius 3 is 2.96 bits per heavy atom. The summed E-state index contributed by atoms with van der Waals surface area (Å²) in [5.74, 6) is 0.0103. The van der Waals surface area contributed by atoms with Gasteiger partial charge in [0.15, 0.2) is 0 Å². The molecule has 0 radical (unpaired) electrons. The van der Waals surface area contributed by atoms with E-state index in [0.29, 0.717) is 12.1 Å². The molecule has 0 saturated heterocycles. The van der Waals surface area contributed by atoms with Crippen LogP contribution in [0.15, 0.2) is 42.7 Å². The summed E-state index contributed by atoms with van der Waals surface area (Å²) in [5, 5.41) is 10.8. The second kappa shape index (κ2) is 7.42. The molecule has 1 fully saturated rings. The van der Waals surface area contributed by atoms with E-state index in [1.165, 1.54) is 0 Å². The molecule has 0 unspecified atom stereocenters. The van der Waals surface area contributed by atoms with Gasteiger partial charge in [0.2, 0.25) is 0 Å². The second-order valence-corrected chi connectivity index (χ2v) is 6.15. The third-order valence-corrected chi connectivity index (χ3v) is 4.33. The lowest BCUT2D eigenvalue weighted by molar-refractivity contribution is 0.0953. The van der Waals surface area contributed by atoms with Crippen molar-refractivity contribution in [3.8, 4) is 0 Å². The third kappa shape index (κ3) is 3.99. The molecule has 0 spiro atoms. The molecule has 0 aliphatic heterocycles. The van der Waals surface area contributed by atoms with Gasteiger partial charge in [0.05, 0.1) is 6.04 Å². The highest BCUT2D eigenvalue weighted by Crippen LogP contribution is 2.31. The van der Waals surface area contributed by atoms with E-state index in [9.17, 15) is 4.79 Å². The van der Waals surface area contributed by atoms with Gasteiger partial charge < -0.3 is 10.6 Å². The number of aromatic nitrogens is 2. The van der Waals surface area contributed by atoms with Crippen LogP contribution in [0, 0.1) is 0 Å². The number of nitrogens with zero attached hydrogens (tertiary/aromatic N) is 2. The Hall–Kier alpha value is -2.14. The number of hydrogen-bond acceptors (Lipinski definition) is 3. The van der Waals surface area contributed by atoms with Gasteiger partial charge in [0.25, 0.3) is 5.91 Å². The van der Waals surface area contributed by atoms with Gasteiger partial charge in [-0.05, 0) is 43.0 Å². The Kier molecular flexibility index (Phi) is 5.08. The Morgan fingerprint density at radius 1 is 1.35 bits per heavy atom. The first kappa shape index (κ1) is 15.7. The summed E-state index contributed by atoms with van der Waals surface area (Å²) in [5.41, 5.74) is 1.89. The molecule has 2 N–H and O–H groups in total. The van der Waals surface area contributed by atoms with Crippen molar-refractivity contribution in [3.05, 3.63) is 53.9 Å². The molecule has 23 heavy (non-hydrogen) atoms. The van der Waals surface area contributed by atoms with Crippen LogP contribution in [0.2, 0.25) is 0 Å². The van der Waals surface area contributed by atoms with Crippen molar-refractivity contribution in [3.63, 3.8) is 0 Å². The molecule has 0 atom stereocenters. The highest BCUT2D eigenvalue weighted by molar-refractivity contribution is 5.94. The Balaban J connectivity index is 1.47. The van der Waals surface area contributed by atoms with E-state index in [0.717, 1.165) is 43.5 Å². The van der Waals surface area contributed by atoms with Crippen molar-refractivity contribution in [1.82, 2.24) is 20.4 Å². The minimum atomic E-state index is 0.0103. The van der Waals surface area contributed by atoms with E-state index < -0.39 is 0 Å². The number of hydrogen-bond donors (Lipinski definition) is 2. The van der Waals surface area contributed by atoms with Crippen LogP contribution in [0.3, 0.4) is 0 Å².